The second-order valence-electron chi connectivity index (χ2n) is 15.3. The van der Waals surface area contributed by atoms with E-state index in [-0.39, 0.29) is 6.71 Å². The number of halogens is 1. The van der Waals surface area contributed by atoms with E-state index in [0.717, 1.165) is 22.6 Å². The number of para-hydroxylation sites is 3. The van der Waals surface area contributed by atoms with Crippen molar-refractivity contribution in [1.29, 1.82) is 0 Å². The van der Waals surface area contributed by atoms with Gasteiger partial charge in [0.2, 0.25) is 0 Å². The third-order valence-electron chi connectivity index (χ3n) is 12.1. The fourth-order valence-electron chi connectivity index (χ4n) is 9.73. The van der Waals surface area contributed by atoms with Crippen molar-refractivity contribution in [3.05, 3.63) is 228 Å². The van der Waals surface area contributed by atoms with E-state index >= 15 is 0 Å². The van der Waals surface area contributed by atoms with E-state index in [0.29, 0.717) is 0 Å². The quantitative estimate of drug-likeness (QED) is 0.122. The molecule has 2 aliphatic heterocycles. The van der Waals surface area contributed by atoms with E-state index < -0.39 is 8.07 Å². The summed E-state index contributed by atoms with van der Waals surface area (Å²) in [5.41, 5.74) is 11.9. The summed E-state index contributed by atoms with van der Waals surface area (Å²) in [5.74, 6) is 1.76. The second-order valence-corrected chi connectivity index (χ2v) is 20.3. The van der Waals surface area contributed by atoms with Gasteiger partial charge < -0.3 is 9.64 Å². The first kappa shape index (κ1) is 35.7. The molecule has 0 unspecified atom stereocenters. The monoisotopic (exact) mass is 881 g/mol. The Labute approximate surface area is 360 Å². The van der Waals surface area contributed by atoms with Gasteiger partial charge in [-0.3, -0.25) is 0 Å². The lowest BCUT2D eigenvalue weighted by molar-refractivity contribution is 0.487. The Hall–Kier alpha value is -6.41. The maximum atomic E-state index is 7.01. The molecule has 0 bridgehead atoms. The fourth-order valence-corrected chi connectivity index (χ4v) is 15.5. The molecule has 0 aromatic heterocycles. The molecule has 0 amide bonds. The van der Waals surface area contributed by atoms with Crippen LogP contribution in [-0.4, -0.2) is 14.8 Å². The molecule has 2 heterocycles. The third-order valence-corrected chi connectivity index (χ3v) is 17.6. The van der Waals surface area contributed by atoms with Crippen molar-refractivity contribution in [2.45, 2.75) is 0 Å². The van der Waals surface area contributed by atoms with Gasteiger partial charge in [-0.15, -0.1) is 0 Å². The molecule has 9 aromatic carbocycles. The highest BCUT2D eigenvalue weighted by molar-refractivity contribution is 14.1. The zero-order valence-corrected chi connectivity index (χ0v) is 35.3. The summed E-state index contributed by atoms with van der Waals surface area (Å²) in [6.07, 6.45) is 0. The zero-order chi connectivity index (χ0) is 39.3. The molecule has 0 saturated heterocycles. The second kappa shape index (κ2) is 14.8. The van der Waals surface area contributed by atoms with Gasteiger partial charge in [-0.1, -0.05) is 187 Å². The van der Waals surface area contributed by atoms with Crippen LogP contribution in [0.2, 0.25) is 0 Å². The Morgan fingerprint density at radius 2 is 0.881 bits per heavy atom. The zero-order valence-electron chi connectivity index (χ0n) is 32.2. The lowest BCUT2D eigenvalue weighted by Crippen LogP contribution is -2.77. The lowest BCUT2D eigenvalue weighted by Gasteiger charge is -2.45. The average Bonchev–Trinajstić information content (AvgIpc) is 3.31. The summed E-state index contributed by atoms with van der Waals surface area (Å²) >= 11 is 2.48. The predicted molar refractivity (Wildman–Crippen MR) is 260 cm³/mol. The van der Waals surface area contributed by atoms with E-state index in [4.69, 9.17) is 4.74 Å². The van der Waals surface area contributed by atoms with Crippen molar-refractivity contribution in [2.75, 3.05) is 4.90 Å². The van der Waals surface area contributed by atoms with Crippen LogP contribution in [-0.2, 0) is 0 Å². The van der Waals surface area contributed by atoms with Crippen molar-refractivity contribution < 1.29 is 4.74 Å². The standard InChI is InChI=1S/C54H37BINOSi/c56-40-35-44(38-19-5-1-6-20-38)54(45(36-40)39-21-7-2-8-22-39)55-46-27-13-16-30-50(46)58-51-37-41(33-34-47(51)55)57-48-28-14-17-31-52(48)59(42-23-9-3-10-24-42,43-25-11-4-12-26-43)53-32-18-15-29-49(53)57/h1-37H. The number of hydrogen-bond donors (Lipinski definition) is 0. The molecule has 0 atom stereocenters. The molecule has 11 rings (SSSR count). The summed E-state index contributed by atoms with van der Waals surface area (Å²) in [5, 5.41) is 5.49. The number of nitrogens with zero attached hydrogens (tertiary/aromatic N) is 1. The number of fused-ring (bicyclic) bond motifs is 4. The maximum absolute atomic E-state index is 7.01. The number of ether oxygens (including phenoxy) is 1. The summed E-state index contributed by atoms with van der Waals surface area (Å²) in [6.45, 7) is -0.0800. The molecule has 0 radical (unpaired) electrons. The summed E-state index contributed by atoms with van der Waals surface area (Å²) in [4.78, 5) is 2.47. The summed E-state index contributed by atoms with van der Waals surface area (Å²) in [7, 11) is -2.74. The van der Waals surface area contributed by atoms with Gasteiger partial charge in [-0.25, -0.2) is 0 Å². The van der Waals surface area contributed by atoms with Crippen LogP contribution >= 0.6 is 22.6 Å². The topological polar surface area (TPSA) is 12.5 Å². The maximum Gasteiger partial charge on any atom is 0.252 e. The van der Waals surface area contributed by atoms with E-state index in [1.165, 1.54) is 68.9 Å². The molecule has 0 saturated carbocycles. The Bertz CT molecular complexity index is 2850. The first-order chi connectivity index (χ1) is 29.2. The fraction of sp³-hybridized carbons (Fsp3) is 0. The average molecular weight is 882 g/mol. The largest absolute Gasteiger partial charge is 0.458 e. The highest BCUT2D eigenvalue weighted by atomic mass is 127. The molecule has 2 nitrogen and oxygen atoms in total. The van der Waals surface area contributed by atoms with Gasteiger partial charge in [0, 0.05) is 26.7 Å². The lowest BCUT2D eigenvalue weighted by atomic mass is 9.34. The minimum absolute atomic E-state index is 0.0800. The van der Waals surface area contributed by atoms with Crippen LogP contribution in [0, 0.1) is 3.57 Å². The van der Waals surface area contributed by atoms with Gasteiger partial charge in [0.25, 0.3) is 6.71 Å². The molecule has 59 heavy (non-hydrogen) atoms. The Kier molecular flexibility index (Phi) is 8.94. The van der Waals surface area contributed by atoms with Crippen molar-refractivity contribution in [3.63, 3.8) is 0 Å². The van der Waals surface area contributed by atoms with Crippen LogP contribution in [0.3, 0.4) is 0 Å². The Balaban J connectivity index is 1.15. The van der Waals surface area contributed by atoms with Crippen LogP contribution in [0.15, 0.2) is 224 Å². The van der Waals surface area contributed by atoms with Gasteiger partial charge >= 0.3 is 0 Å². The van der Waals surface area contributed by atoms with Crippen LogP contribution in [0.25, 0.3) is 22.3 Å². The molecule has 0 fully saturated rings. The number of rotatable bonds is 6. The van der Waals surface area contributed by atoms with Gasteiger partial charge in [-0.2, -0.15) is 0 Å². The number of benzene rings is 9. The Morgan fingerprint density at radius 3 is 1.44 bits per heavy atom. The van der Waals surface area contributed by atoms with Crippen LogP contribution in [0.5, 0.6) is 11.5 Å². The SMILES string of the molecule is Ic1cc(-c2ccccc2)c(B2c3ccccc3Oc3cc(N4c5ccccc5[Si](c5ccccc5)(c5ccccc5)c5ccccc54)ccc32)c(-c2ccccc2)c1. The van der Waals surface area contributed by atoms with Gasteiger partial charge in [0.05, 0.1) is 0 Å². The van der Waals surface area contributed by atoms with E-state index in [1.807, 2.05) is 0 Å². The smallest absolute Gasteiger partial charge is 0.252 e. The highest BCUT2D eigenvalue weighted by Crippen LogP contribution is 2.41. The number of anilines is 3. The van der Waals surface area contributed by atoms with E-state index in [1.54, 1.807) is 0 Å². The van der Waals surface area contributed by atoms with E-state index in [9.17, 15) is 0 Å². The minimum Gasteiger partial charge on any atom is -0.458 e. The predicted octanol–water partition coefficient (Wildman–Crippen LogP) is 9.41. The van der Waals surface area contributed by atoms with Gasteiger partial charge in [0.1, 0.15) is 11.5 Å². The summed E-state index contributed by atoms with van der Waals surface area (Å²) in [6, 6.07) is 82.4. The molecule has 0 spiro atoms. The molecule has 5 heteroatoms. The Morgan fingerprint density at radius 1 is 0.424 bits per heavy atom. The third kappa shape index (κ3) is 5.82. The molecule has 278 valence electrons. The van der Waals surface area contributed by atoms with Crippen LogP contribution in [0.1, 0.15) is 0 Å². The van der Waals surface area contributed by atoms with Crippen molar-refractivity contribution >= 4 is 91.6 Å². The minimum atomic E-state index is -2.74. The number of hydrogen-bond acceptors (Lipinski definition) is 2. The molecule has 0 aliphatic carbocycles. The molecule has 0 N–H and O–H groups in total. The van der Waals surface area contributed by atoms with Crippen molar-refractivity contribution in [1.82, 2.24) is 0 Å². The molecule has 9 aromatic rings. The van der Waals surface area contributed by atoms with Crippen LogP contribution in [0.4, 0.5) is 17.1 Å². The molecule has 2 aliphatic rings. The van der Waals surface area contributed by atoms with E-state index in [2.05, 4.69) is 252 Å². The molecular formula is C54H37BINOSi. The highest BCUT2D eigenvalue weighted by Gasteiger charge is 2.49. The normalized spacial score (nSPS) is 13.4. The van der Waals surface area contributed by atoms with Gasteiger partial charge in [0.15, 0.2) is 8.07 Å². The first-order valence-corrected chi connectivity index (χ1v) is 23.2. The van der Waals surface area contributed by atoms with Crippen molar-refractivity contribution in [2.24, 2.45) is 0 Å². The van der Waals surface area contributed by atoms with Crippen LogP contribution < -0.4 is 46.8 Å². The van der Waals surface area contributed by atoms with Gasteiger partial charge in [-0.05, 0) is 113 Å². The summed E-state index contributed by atoms with van der Waals surface area (Å²) < 4.78 is 8.21. The molecular weight excluding hydrogens is 844 g/mol. The first-order valence-electron chi connectivity index (χ1n) is 20.2. The van der Waals surface area contributed by atoms with Crippen molar-refractivity contribution in [3.8, 4) is 33.8 Å².